The van der Waals surface area contributed by atoms with E-state index < -0.39 is 25.2 Å². The number of hydrogen-bond acceptors (Lipinski definition) is 2. The molecule has 0 bridgehead atoms. The summed E-state index contributed by atoms with van der Waals surface area (Å²) in [6.07, 6.45) is 3.03. The molecule has 112 valence electrons. The van der Waals surface area contributed by atoms with Crippen LogP contribution in [-0.2, 0) is 4.79 Å². The van der Waals surface area contributed by atoms with Gasteiger partial charge in [0.2, 0.25) is 0 Å². The topological polar surface area (TPSA) is 40.5 Å². The van der Waals surface area contributed by atoms with Crippen molar-refractivity contribution in [3.63, 3.8) is 0 Å². The Morgan fingerprint density at radius 1 is 1.11 bits per heavy atom. The van der Waals surface area contributed by atoms with Crippen molar-refractivity contribution in [2.75, 3.05) is 19.6 Å². The average Bonchev–Trinajstić information content (AvgIpc) is 2.18. The molecule has 6 heteroatoms. The Balaban J connectivity index is 2.51. The molecule has 1 aliphatic rings. The van der Waals surface area contributed by atoms with Crippen LogP contribution in [0.5, 0.6) is 0 Å². The monoisotopic (exact) mass is 281 g/mol. The standard InChI is InChI=1S/C13H22F3NO2/c14-13(15,16)10-17(9-12(18)19)8-11-6-4-2-1-3-5-7-11/h11H,1-10H2,(H,18,19). The zero-order chi connectivity index (χ0) is 14.3. The second kappa shape index (κ2) is 7.72. The van der Waals surface area contributed by atoms with Gasteiger partial charge in [0.15, 0.2) is 0 Å². The third-order valence-electron chi connectivity index (χ3n) is 3.50. The lowest BCUT2D eigenvalue weighted by molar-refractivity contribution is -0.155. The van der Waals surface area contributed by atoms with Crippen LogP contribution in [0.4, 0.5) is 13.2 Å². The number of alkyl halides is 3. The number of hydrogen-bond donors (Lipinski definition) is 1. The molecule has 0 saturated heterocycles. The zero-order valence-corrected chi connectivity index (χ0v) is 11.1. The van der Waals surface area contributed by atoms with Gasteiger partial charge in [-0.05, 0) is 18.8 Å². The number of rotatable bonds is 5. The maximum Gasteiger partial charge on any atom is 0.401 e. The molecule has 0 aromatic rings. The number of carbonyl (C=O) groups is 1. The van der Waals surface area contributed by atoms with Crippen LogP contribution >= 0.6 is 0 Å². The molecule has 0 radical (unpaired) electrons. The highest BCUT2D eigenvalue weighted by atomic mass is 19.4. The molecule has 1 N–H and O–H groups in total. The smallest absolute Gasteiger partial charge is 0.401 e. The fraction of sp³-hybridized carbons (Fsp3) is 0.923. The predicted octanol–water partition coefficient (Wildman–Crippen LogP) is 3.30. The summed E-state index contributed by atoms with van der Waals surface area (Å²) in [4.78, 5) is 11.7. The first-order valence-corrected chi connectivity index (χ1v) is 6.88. The minimum absolute atomic E-state index is 0.196. The van der Waals surface area contributed by atoms with Gasteiger partial charge in [0.25, 0.3) is 0 Å². The number of nitrogens with zero attached hydrogens (tertiary/aromatic N) is 1. The molecule has 3 nitrogen and oxygen atoms in total. The number of aliphatic carboxylic acids is 1. The molecular weight excluding hydrogens is 259 g/mol. The van der Waals surface area contributed by atoms with E-state index in [1.165, 1.54) is 6.42 Å². The van der Waals surface area contributed by atoms with E-state index in [0.29, 0.717) is 0 Å². The molecule has 0 aromatic carbocycles. The molecule has 1 aliphatic carbocycles. The first-order chi connectivity index (χ1) is 8.87. The number of carboxylic acids is 1. The number of carboxylic acid groups (broad SMARTS) is 1. The van der Waals surface area contributed by atoms with Crippen molar-refractivity contribution < 1.29 is 23.1 Å². The third kappa shape index (κ3) is 8.08. The van der Waals surface area contributed by atoms with Crippen molar-refractivity contribution in [1.82, 2.24) is 4.90 Å². The Bertz CT molecular complexity index is 274. The maximum atomic E-state index is 12.4. The van der Waals surface area contributed by atoms with E-state index in [1.807, 2.05) is 0 Å². The molecule has 0 amide bonds. The Morgan fingerprint density at radius 2 is 1.63 bits per heavy atom. The van der Waals surface area contributed by atoms with Crippen LogP contribution in [0.15, 0.2) is 0 Å². The lowest BCUT2D eigenvalue weighted by Crippen LogP contribution is -2.40. The summed E-state index contributed by atoms with van der Waals surface area (Å²) in [6.45, 7) is -1.42. The average molecular weight is 281 g/mol. The summed E-state index contributed by atoms with van der Waals surface area (Å²) in [5.41, 5.74) is 0. The summed E-state index contributed by atoms with van der Waals surface area (Å²) in [5.74, 6) is -1.00. The van der Waals surface area contributed by atoms with Crippen LogP contribution in [0, 0.1) is 5.92 Å². The van der Waals surface area contributed by atoms with E-state index in [2.05, 4.69) is 0 Å². The van der Waals surface area contributed by atoms with Crippen LogP contribution in [0.1, 0.15) is 44.9 Å². The Morgan fingerprint density at radius 3 is 2.11 bits per heavy atom. The molecule has 0 spiro atoms. The molecule has 0 aromatic heterocycles. The Hall–Kier alpha value is -0.780. The molecule has 0 atom stereocenters. The normalized spacial score (nSPS) is 19.2. The molecule has 1 fully saturated rings. The molecule has 1 saturated carbocycles. The molecular formula is C13H22F3NO2. The Labute approximate surface area is 111 Å². The summed E-state index contributed by atoms with van der Waals surface area (Å²) in [5, 5.41) is 8.70. The third-order valence-corrected chi connectivity index (χ3v) is 3.50. The van der Waals surface area contributed by atoms with E-state index in [1.54, 1.807) is 0 Å². The van der Waals surface area contributed by atoms with Crippen LogP contribution in [0.25, 0.3) is 0 Å². The summed E-state index contributed by atoms with van der Waals surface area (Å²) in [7, 11) is 0. The van der Waals surface area contributed by atoms with E-state index in [4.69, 9.17) is 5.11 Å². The molecule has 19 heavy (non-hydrogen) atoms. The van der Waals surface area contributed by atoms with E-state index >= 15 is 0 Å². The van der Waals surface area contributed by atoms with Crippen molar-refractivity contribution >= 4 is 5.97 Å². The van der Waals surface area contributed by atoms with Crippen molar-refractivity contribution in [1.29, 1.82) is 0 Å². The van der Waals surface area contributed by atoms with E-state index in [0.717, 1.165) is 43.4 Å². The first kappa shape index (κ1) is 16.3. The Kier molecular flexibility index (Phi) is 6.62. The summed E-state index contributed by atoms with van der Waals surface area (Å²) >= 11 is 0. The van der Waals surface area contributed by atoms with Gasteiger partial charge in [0, 0.05) is 6.54 Å². The molecule has 1 rings (SSSR count). The van der Waals surface area contributed by atoms with Gasteiger partial charge in [-0.2, -0.15) is 13.2 Å². The lowest BCUT2D eigenvalue weighted by atomic mass is 9.91. The highest BCUT2D eigenvalue weighted by Crippen LogP contribution is 2.24. The van der Waals surface area contributed by atoms with Crippen molar-refractivity contribution in [3.05, 3.63) is 0 Å². The van der Waals surface area contributed by atoms with Crippen molar-refractivity contribution in [3.8, 4) is 0 Å². The second-order valence-electron chi connectivity index (χ2n) is 5.39. The highest BCUT2D eigenvalue weighted by Gasteiger charge is 2.32. The molecule has 0 unspecified atom stereocenters. The molecule has 0 heterocycles. The minimum atomic E-state index is -4.34. The van der Waals surface area contributed by atoms with Gasteiger partial charge in [0.1, 0.15) is 0 Å². The minimum Gasteiger partial charge on any atom is -0.480 e. The largest absolute Gasteiger partial charge is 0.480 e. The lowest BCUT2D eigenvalue weighted by Gasteiger charge is -2.28. The van der Waals surface area contributed by atoms with Crippen molar-refractivity contribution in [2.24, 2.45) is 5.92 Å². The van der Waals surface area contributed by atoms with Crippen molar-refractivity contribution in [2.45, 2.75) is 51.1 Å². The van der Waals surface area contributed by atoms with Crippen LogP contribution < -0.4 is 0 Å². The fourth-order valence-corrected chi connectivity index (χ4v) is 2.72. The predicted molar refractivity (Wildman–Crippen MR) is 65.9 cm³/mol. The van der Waals surface area contributed by atoms with Gasteiger partial charge in [-0.3, -0.25) is 9.69 Å². The SMILES string of the molecule is O=C(O)CN(CC1CCCCCCC1)CC(F)(F)F. The van der Waals surface area contributed by atoms with Gasteiger partial charge < -0.3 is 5.11 Å². The van der Waals surface area contributed by atoms with Gasteiger partial charge >= 0.3 is 12.1 Å². The first-order valence-electron chi connectivity index (χ1n) is 6.88. The summed E-state index contributed by atoms with van der Waals surface area (Å²) < 4.78 is 37.3. The quantitative estimate of drug-likeness (QED) is 0.840. The van der Waals surface area contributed by atoms with Gasteiger partial charge in [-0.1, -0.05) is 32.1 Å². The van der Waals surface area contributed by atoms with Crippen LogP contribution in [0.2, 0.25) is 0 Å². The summed E-state index contributed by atoms with van der Waals surface area (Å²) in [6, 6.07) is 0. The van der Waals surface area contributed by atoms with E-state index in [-0.39, 0.29) is 12.5 Å². The highest BCUT2D eigenvalue weighted by molar-refractivity contribution is 5.69. The van der Waals surface area contributed by atoms with Gasteiger partial charge in [-0.25, -0.2) is 0 Å². The number of halogens is 3. The van der Waals surface area contributed by atoms with E-state index in [9.17, 15) is 18.0 Å². The van der Waals surface area contributed by atoms with Crippen LogP contribution in [-0.4, -0.2) is 41.8 Å². The van der Waals surface area contributed by atoms with Gasteiger partial charge in [0.05, 0.1) is 13.1 Å². The zero-order valence-electron chi connectivity index (χ0n) is 11.1. The second-order valence-corrected chi connectivity index (χ2v) is 5.39. The molecule has 0 aliphatic heterocycles. The maximum absolute atomic E-state index is 12.4. The van der Waals surface area contributed by atoms with Gasteiger partial charge in [-0.15, -0.1) is 0 Å². The fourth-order valence-electron chi connectivity index (χ4n) is 2.72. The van der Waals surface area contributed by atoms with Crippen LogP contribution in [0.3, 0.4) is 0 Å².